The molecule has 0 saturated carbocycles. The Bertz CT molecular complexity index is 709. The maximum absolute atomic E-state index is 12.3. The van der Waals surface area contributed by atoms with Gasteiger partial charge in [-0.2, -0.15) is 0 Å². The van der Waals surface area contributed by atoms with Crippen molar-refractivity contribution in [3.05, 3.63) is 11.6 Å². The zero-order valence-electron chi connectivity index (χ0n) is 13.3. The van der Waals surface area contributed by atoms with Crippen LogP contribution in [0.3, 0.4) is 0 Å². The van der Waals surface area contributed by atoms with Gasteiger partial charge in [0.2, 0.25) is 11.0 Å². The molecule has 1 fully saturated rings. The number of nitrogens with zero attached hydrogens (tertiary/aromatic N) is 6. The Hall–Kier alpha value is -1.72. The molecular weight excluding hydrogens is 350 g/mol. The molecule has 2 aromatic rings. The molecule has 0 unspecified atom stereocenters. The quantitative estimate of drug-likeness (QED) is 0.719. The minimum Gasteiger partial charge on any atom is -0.388 e. The zero-order chi connectivity index (χ0) is 17.1. The van der Waals surface area contributed by atoms with Gasteiger partial charge in [0.15, 0.2) is 10.2 Å². The number of anilines is 1. The average Bonchev–Trinajstić information content (AvgIpc) is 3.18. The van der Waals surface area contributed by atoms with Gasteiger partial charge in [0.25, 0.3) is 0 Å². The molecule has 9 nitrogen and oxygen atoms in total. The van der Waals surface area contributed by atoms with Crippen LogP contribution in [0.1, 0.15) is 30.4 Å². The van der Waals surface area contributed by atoms with E-state index in [2.05, 4.69) is 20.4 Å². The van der Waals surface area contributed by atoms with Crippen molar-refractivity contribution >= 4 is 34.1 Å². The molecule has 0 bridgehead atoms. The first-order valence-corrected chi connectivity index (χ1v) is 9.37. The number of rotatable bonds is 5. The van der Waals surface area contributed by atoms with Gasteiger partial charge in [-0.15, -0.1) is 20.4 Å². The maximum Gasteiger partial charge on any atom is 0.233 e. The highest BCUT2D eigenvalue weighted by molar-refractivity contribution is 8.01. The minimum absolute atomic E-state index is 0.0984. The molecule has 0 aromatic carbocycles. The predicted octanol–water partition coefficient (Wildman–Crippen LogP) is 0.239. The summed E-state index contributed by atoms with van der Waals surface area (Å²) in [5, 5.41) is 25.4. The van der Waals surface area contributed by atoms with Crippen LogP contribution in [-0.2, 0) is 18.4 Å². The first-order chi connectivity index (χ1) is 11.6. The van der Waals surface area contributed by atoms with Gasteiger partial charge in [-0.05, 0) is 12.8 Å². The van der Waals surface area contributed by atoms with E-state index in [1.165, 1.54) is 23.1 Å². The highest BCUT2D eigenvalue weighted by Crippen LogP contribution is 2.28. The van der Waals surface area contributed by atoms with Crippen LogP contribution in [0.15, 0.2) is 4.34 Å². The topological polar surface area (TPSA) is 123 Å². The fourth-order valence-corrected chi connectivity index (χ4v) is 4.29. The van der Waals surface area contributed by atoms with Gasteiger partial charge in [0, 0.05) is 26.1 Å². The highest BCUT2D eigenvalue weighted by atomic mass is 32.2. The Morgan fingerprint density at radius 2 is 2.08 bits per heavy atom. The number of hydrogen-bond donors (Lipinski definition) is 2. The Balaban J connectivity index is 1.50. The number of piperidine rings is 1. The maximum atomic E-state index is 12.3. The second-order valence-corrected chi connectivity index (χ2v) is 7.77. The third-order valence-corrected chi connectivity index (χ3v) is 5.96. The van der Waals surface area contributed by atoms with Gasteiger partial charge in [0.05, 0.1) is 5.75 Å². The second kappa shape index (κ2) is 7.45. The van der Waals surface area contributed by atoms with Crippen LogP contribution < -0.4 is 5.73 Å². The molecule has 1 amide bonds. The van der Waals surface area contributed by atoms with Crippen molar-refractivity contribution in [1.29, 1.82) is 0 Å². The highest BCUT2D eigenvalue weighted by Gasteiger charge is 2.27. The van der Waals surface area contributed by atoms with E-state index in [4.69, 9.17) is 5.73 Å². The van der Waals surface area contributed by atoms with E-state index in [1.807, 2.05) is 16.5 Å². The Labute approximate surface area is 147 Å². The molecule has 0 radical (unpaired) electrons. The van der Waals surface area contributed by atoms with Crippen molar-refractivity contribution in [3.8, 4) is 0 Å². The minimum atomic E-state index is -0.117. The average molecular weight is 369 g/mol. The van der Waals surface area contributed by atoms with Crippen LogP contribution in [-0.4, -0.2) is 59.7 Å². The molecule has 0 spiro atoms. The third kappa shape index (κ3) is 3.68. The zero-order valence-corrected chi connectivity index (χ0v) is 14.9. The number of carbonyl (C=O) groups excluding carboxylic acids is 1. The summed E-state index contributed by atoms with van der Waals surface area (Å²) < 4.78 is 2.56. The van der Waals surface area contributed by atoms with E-state index in [9.17, 15) is 9.90 Å². The van der Waals surface area contributed by atoms with E-state index in [0.29, 0.717) is 34.1 Å². The summed E-state index contributed by atoms with van der Waals surface area (Å²) in [4.78, 5) is 14.2. The van der Waals surface area contributed by atoms with Crippen molar-refractivity contribution in [2.75, 3.05) is 24.6 Å². The number of aliphatic hydroxyl groups is 1. The summed E-state index contributed by atoms with van der Waals surface area (Å²) in [6, 6.07) is 0. The largest absolute Gasteiger partial charge is 0.388 e. The van der Waals surface area contributed by atoms with Crippen molar-refractivity contribution < 1.29 is 9.90 Å². The van der Waals surface area contributed by atoms with E-state index in [-0.39, 0.29) is 18.4 Å². The molecular formula is C13H19N7O2S2. The molecule has 3 rings (SSSR count). The Morgan fingerprint density at radius 1 is 1.33 bits per heavy atom. The number of carbonyl (C=O) groups is 1. The standard InChI is InChI=1S/C13H19N7O2S2/c1-19-9(6-21)15-16-11(19)8-2-4-20(5-3-8)10(22)7-23-13-18-17-12(14)24-13/h8,21H,2-7H2,1H3,(H2,14,17). The number of likely N-dealkylation sites (tertiary alicyclic amines) is 1. The van der Waals surface area contributed by atoms with Crippen molar-refractivity contribution in [2.24, 2.45) is 7.05 Å². The molecule has 3 N–H and O–H groups in total. The lowest BCUT2D eigenvalue weighted by atomic mass is 9.96. The lowest BCUT2D eigenvalue weighted by Crippen LogP contribution is -2.39. The van der Waals surface area contributed by atoms with E-state index in [0.717, 1.165) is 18.7 Å². The van der Waals surface area contributed by atoms with Crippen LogP contribution >= 0.6 is 23.1 Å². The fraction of sp³-hybridized carbons (Fsp3) is 0.615. The van der Waals surface area contributed by atoms with E-state index >= 15 is 0 Å². The Kier molecular flexibility index (Phi) is 5.31. The number of nitrogen functional groups attached to an aromatic ring is 1. The summed E-state index contributed by atoms with van der Waals surface area (Å²) in [5.74, 6) is 2.16. The van der Waals surface area contributed by atoms with Crippen LogP contribution in [0.5, 0.6) is 0 Å². The monoisotopic (exact) mass is 369 g/mol. The molecule has 0 aliphatic carbocycles. The van der Waals surface area contributed by atoms with Gasteiger partial charge in [0.1, 0.15) is 12.4 Å². The molecule has 130 valence electrons. The number of hydrogen-bond acceptors (Lipinski definition) is 9. The lowest BCUT2D eigenvalue weighted by Gasteiger charge is -2.31. The molecule has 1 aliphatic heterocycles. The summed E-state index contributed by atoms with van der Waals surface area (Å²) in [5.41, 5.74) is 5.53. The summed E-state index contributed by atoms with van der Waals surface area (Å²) in [6.07, 6.45) is 1.69. The van der Waals surface area contributed by atoms with Gasteiger partial charge < -0.3 is 20.3 Å². The van der Waals surface area contributed by atoms with Crippen LogP contribution in [0.25, 0.3) is 0 Å². The predicted molar refractivity (Wildman–Crippen MR) is 90.5 cm³/mol. The van der Waals surface area contributed by atoms with E-state index in [1.54, 1.807) is 0 Å². The van der Waals surface area contributed by atoms with Gasteiger partial charge in [-0.25, -0.2) is 0 Å². The van der Waals surface area contributed by atoms with Crippen LogP contribution in [0.2, 0.25) is 0 Å². The van der Waals surface area contributed by atoms with Gasteiger partial charge in [-0.1, -0.05) is 23.1 Å². The van der Waals surface area contributed by atoms with Gasteiger partial charge in [-0.3, -0.25) is 4.79 Å². The molecule has 11 heteroatoms. The summed E-state index contributed by atoms with van der Waals surface area (Å²) in [7, 11) is 1.86. The van der Waals surface area contributed by atoms with Crippen LogP contribution in [0.4, 0.5) is 5.13 Å². The molecule has 3 heterocycles. The summed E-state index contributed by atoms with van der Waals surface area (Å²) in [6.45, 7) is 1.28. The number of thioether (sulfide) groups is 1. The molecule has 2 aromatic heterocycles. The van der Waals surface area contributed by atoms with Crippen molar-refractivity contribution in [1.82, 2.24) is 29.9 Å². The van der Waals surface area contributed by atoms with Crippen molar-refractivity contribution in [2.45, 2.75) is 29.7 Å². The van der Waals surface area contributed by atoms with Crippen molar-refractivity contribution in [3.63, 3.8) is 0 Å². The smallest absolute Gasteiger partial charge is 0.233 e. The number of aromatic nitrogens is 5. The molecule has 1 aliphatic rings. The SMILES string of the molecule is Cn1c(CO)nnc1C1CCN(C(=O)CSc2nnc(N)s2)CC1. The normalized spacial score (nSPS) is 15.8. The first kappa shape index (κ1) is 17.1. The number of amides is 1. The summed E-state index contributed by atoms with van der Waals surface area (Å²) >= 11 is 2.66. The van der Waals surface area contributed by atoms with E-state index < -0.39 is 0 Å². The Morgan fingerprint density at radius 3 is 2.67 bits per heavy atom. The number of nitrogens with two attached hydrogens (primary N) is 1. The first-order valence-electron chi connectivity index (χ1n) is 7.57. The molecule has 1 saturated heterocycles. The third-order valence-electron chi connectivity index (χ3n) is 4.09. The fourth-order valence-electron chi connectivity index (χ4n) is 2.75. The second-order valence-electron chi connectivity index (χ2n) is 5.54. The molecule has 24 heavy (non-hydrogen) atoms. The molecule has 0 atom stereocenters. The van der Waals surface area contributed by atoms with Crippen LogP contribution in [0, 0.1) is 0 Å². The number of aliphatic hydroxyl groups excluding tert-OH is 1. The van der Waals surface area contributed by atoms with Gasteiger partial charge >= 0.3 is 0 Å². The lowest BCUT2D eigenvalue weighted by molar-refractivity contribution is -0.129.